The molecule has 0 N–H and O–H groups in total. The maximum Gasteiger partial charge on any atom is 0.0979 e. The molecule has 11 rings (SSSR count). The summed E-state index contributed by atoms with van der Waals surface area (Å²) >= 11 is 0. The van der Waals surface area contributed by atoms with Crippen molar-refractivity contribution in [3.63, 3.8) is 0 Å². The molecule has 0 saturated carbocycles. The molecule has 0 spiro atoms. The second-order valence-electron chi connectivity index (χ2n) is 13.7. The summed E-state index contributed by atoms with van der Waals surface area (Å²) in [5.74, 6) is 0. The van der Waals surface area contributed by atoms with Crippen molar-refractivity contribution in [1.82, 2.24) is 14.5 Å². The van der Waals surface area contributed by atoms with Crippen LogP contribution in [0.5, 0.6) is 0 Å². The van der Waals surface area contributed by atoms with E-state index in [4.69, 9.17) is 9.97 Å². The molecule has 0 bridgehead atoms. The van der Waals surface area contributed by atoms with Crippen LogP contribution >= 0.6 is 0 Å². The molecule has 0 fully saturated rings. The molecule has 3 nitrogen and oxygen atoms in total. The quantitative estimate of drug-likeness (QED) is 0.186. The highest BCUT2D eigenvalue weighted by atomic mass is 15.0. The van der Waals surface area contributed by atoms with Crippen LogP contribution < -0.4 is 0 Å². The highest BCUT2D eigenvalue weighted by Gasteiger charge is 2.22. The highest BCUT2D eigenvalue weighted by molar-refractivity contribution is 6.30. The average Bonchev–Trinajstić information content (AvgIpc) is 3.58. The van der Waals surface area contributed by atoms with Crippen molar-refractivity contribution in [3.05, 3.63) is 188 Å². The second kappa shape index (κ2) is 11.7. The number of nitrogens with zero attached hydrogens (tertiary/aromatic N) is 3. The van der Waals surface area contributed by atoms with E-state index in [1.54, 1.807) is 0 Å². The van der Waals surface area contributed by atoms with Gasteiger partial charge < -0.3 is 4.57 Å². The molecule has 0 atom stereocenters. The summed E-state index contributed by atoms with van der Waals surface area (Å²) in [5, 5.41) is 9.82. The molecule has 9 aromatic carbocycles. The average molecular weight is 674 g/mol. The lowest BCUT2D eigenvalue weighted by molar-refractivity contribution is 1.20. The Kier molecular flexibility index (Phi) is 6.55. The van der Waals surface area contributed by atoms with E-state index in [-0.39, 0.29) is 0 Å². The van der Waals surface area contributed by atoms with Crippen molar-refractivity contribution in [1.29, 1.82) is 0 Å². The van der Waals surface area contributed by atoms with Gasteiger partial charge in [0.25, 0.3) is 0 Å². The van der Waals surface area contributed by atoms with Gasteiger partial charge in [0.2, 0.25) is 0 Å². The van der Waals surface area contributed by atoms with E-state index >= 15 is 0 Å². The standard InChI is InChI=1S/C50H31N3/c1-3-15-32(16-4-1)41-31-46-48(39-24-12-10-22-37(39)41)47-35-20-8-7-17-33(35)27-29-45(47)53(46)44-30-28-40(36-21-9-11-23-38(36)44)50-49(34-18-5-2-6-19-34)51-42-25-13-14-26-43(42)52-50/h1-31H. The molecular weight excluding hydrogens is 643 g/mol. The fourth-order valence-corrected chi connectivity index (χ4v) is 8.42. The summed E-state index contributed by atoms with van der Waals surface area (Å²) in [6.45, 7) is 0. The first kappa shape index (κ1) is 29.6. The molecule has 11 aromatic rings. The molecule has 246 valence electrons. The summed E-state index contributed by atoms with van der Waals surface area (Å²) in [4.78, 5) is 10.5. The van der Waals surface area contributed by atoms with Gasteiger partial charge in [-0.2, -0.15) is 0 Å². The third-order valence-electron chi connectivity index (χ3n) is 10.8. The third kappa shape index (κ3) is 4.54. The monoisotopic (exact) mass is 673 g/mol. The van der Waals surface area contributed by atoms with Crippen LogP contribution in [0.15, 0.2) is 188 Å². The van der Waals surface area contributed by atoms with Gasteiger partial charge in [0.1, 0.15) is 0 Å². The Hall–Kier alpha value is -7.10. The number of fused-ring (bicyclic) bond motifs is 9. The number of hydrogen-bond acceptors (Lipinski definition) is 2. The van der Waals surface area contributed by atoms with E-state index in [2.05, 4.69) is 162 Å². The third-order valence-corrected chi connectivity index (χ3v) is 10.8. The molecular formula is C50H31N3. The van der Waals surface area contributed by atoms with Crippen LogP contribution in [0.1, 0.15) is 0 Å². The van der Waals surface area contributed by atoms with Gasteiger partial charge in [0, 0.05) is 27.3 Å². The van der Waals surface area contributed by atoms with Gasteiger partial charge in [-0.1, -0.05) is 152 Å². The minimum absolute atomic E-state index is 0.878. The zero-order valence-electron chi connectivity index (χ0n) is 28.7. The van der Waals surface area contributed by atoms with Gasteiger partial charge >= 0.3 is 0 Å². The predicted octanol–water partition coefficient (Wildman–Crippen LogP) is 13.2. The first-order chi connectivity index (χ1) is 26.3. The van der Waals surface area contributed by atoms with E-state index in [0.717, 1.165) is 50.0 Å². The van der Waals surface area contributed by atoms with Crippen LogP contribution in [0, 0.1) is 0 Å². The van der Waals surface area contributed by atoms with Crippen molar-refractivity contribution in [2.75, 3.05) is 0 Å². The van der Waals surface area contributed by atoms with Crippen molar-refractivity contribution < 1.29 is 0 Å². The van der Waals surface area contributed by atoms with E-state index in [1.807, 2.05) is 30.3 Å². The van der Waals surface area contributed by atoms with Gasteiger partial charge in [0.15, 0.2) is 0 Å². The van der Waals surface area contributed by atoms with Crippen molar-refractivity contribution in [2.24, 2.45) is 0 Å². The maximum atomic E-state index is 5.31. The SMILES string of the molecule is c1ccc(-c2nc3ccccc3nc2-c2ccc(-n3c4ccc5ccccc5c4c4c5ccccc5c(-c5ccccc5)cc43)c3ccccc23)cc1. The summed E-state index contributed by atoms with van der Waals surface area (Å²) in [5.41, 5.74) is 11.5. The smallest absolute Gasteiger partial charge is 0.0979 e. The van der Waals surface area contributed by atoms with Gasteiger partial charge in [0.05, 0.1) is 39.1 Å². The molecule has 0 amide bonds. The Bertz CT molecular complexity index is 3210. The van der Waals surface area contributed by atoms with E-state index in [0.29, 0.717) is 0 Å². The van der Waals surface area contributed by atoms with Crippen LogP contribution in [-0.4, -0.2) is 14.5 Å². The van der Waals surface area contributed by atoms with Gasteiger partial charge in [-0.3, -0.25) is 0 Å². The molecule has 53 heavy (non-hydrogen) atoms. The number of benzene rings is 9. The second-order valence-corrected chi connectivity index (χ2v) is 13.7. The molecule has 0 aliphatic carbocycles. The Balaban J connectivity index is 1.27. The fraction of sp³-hybridized carbons (Fsp3) is 0. The number of hydrogen-bond donors (Lipinski definition) is 0. The molecule has 0 saturated heterocycles. The van der Waals surface area contributed by atoms with Gasteiger partial charge in [-0.05, 0) is 74.5 Å². The van der Waals surface area contributed by atoms with E-state index < -0.39 is 0 Å². The van der Waals surface area contributed by atoms with Gasteiger partial charge in [-0.15, -0.1) is 0 Å². The molecule has 0 radical (unpaired) electrons. The first-order valence-electron chi connectivity index (χ1n) is 18.1. The largest absolute Gasteiger partial charge is 0.309 e. The number of aromatic nitrogens is 3. The zero-order valence-corrected chi connectivity index (χ0v) is 28.7. The number of para-hydroxylation sites is 2. The van der Waals surface area contributed by atoms with Crippen molar-refractivity contribution >= 4 is 65.2 Å². The zero-order chi connectivity index (χ0) is 34.9. The maximum absolute atomic E-state index is 5.31. The molecule has 0 unspecified atom stereocenters. The Labute approximate surface area is 306 Å². The number of rotatable bonds is 4. The lowest BCUT2D eigenvalue weighted by Crippen LogP contribution is -1.99. The van der Waals surface area contributed by atoms with Crippen LogP contribution in [0.3, 0.4) is 0 Å². The first-order valence-corrected chi connectivity index (χ1v) is 18.1. The molecule has 0 aliphatic heterocycles. The summed E-state index contributed by atoms with van der Waals surface area (Å²) in [7, 11) is 0. The summed E-state index contributed by atoms with van der Waals surface area (Å²) in [6, 6.07) is 67.3. The van der Waals surface area contributed by atoms with Gasteiger partial charge in [-0.25, -0.2) is 9.97 Å². The van der Waals surface area contributed by atoms with Crippen LogP contribution in [0.25, 0.3) is 104 Å². The summed E-state index contributed by atoms with van der Waals surface area (Å²) in [6.07, 6.45) is 0. The minimum Gasteiger partial charge on any atom is -0.309 e. The lowest BCUT2D eigenvalue weighted by atomic mass is 9.94. The molecule has 0 aliphatic rings. The highest BCUT2D eigenvalue weighted by Crippen LogP contribution is 2.45. The Morgan fingerprint density at radius 1 is 0.340 bits per heavy atom. The van der Waals surface area contributed by atoms with Crippen molar-refractivity contribution in [2.45, 2.75) is 0 Å². The summed E-state index contributed by atoms with van der Waals surface area (Å²) < 4.78 is 2.49. The molecule has 2 aromatic heterocycles. The van der Waals surface area contributed by atoms with Crippen LogP contribution in [-0.2, 0) is 0 Å². The van der Waals surface area contributed by atoms with E-state index in [9.17, 15) is 0 Å². The molecule has 3 heteroatoms. The topological polar surface area (TPSA) is 30.7 Å². The Morgan fingerprint density at radius 2 is 0.887 bits per heavy atom. The van der Waals surface area contributed by atoms with Crippen molar-refractivity contribution in [3.8, 4) is 39.3 Å². The Morgan fingerprint density at radius 3 is 1.62 bits per heavy atom. The predicted molar refractivity (Wildman–Crippen MR) is 223 cm³/mol. The van der Waals surface area contributed by atoms with Crippen LogP contribution in [0.4, 0.5) is 0 Å². The normalized spacial score (nSPS) is 11.8. The minimum atomic E-state index is 0.878. The fourth-order valence-electron chi connectivity index (χ4n) is 8.42. The molecule has 2 heterocycles. The van der Waals surface area contributed by atoms with E-state index in [1.165, 1.54) is 54.5 Å². The lowest BCUT2D eigenvalue weighted by Gasteiger charge is -2.17. The van der Waals surface area contributed by atoms with Crippen LogP contribution in [0.2, 0.25) is 0 Å².